The third-order valence-corrected chi connectivity index (χ3v) is 3.39. The van der Waals surface area contributed by atoms with Crippen LogP contribution >= 0.6 is 0 Å². The number of hydrogen-bond donors (Lipinski definition) is 0. The first-order valence-electron chi connectivity index (χ1n) is 7.07. The lowest BCUT2D eigenvalue weighted by atomic mass is 10.0. The van der Waals surface area contributed by atoms with Gasteiger partial charge in [0.25, 0.3) is 0 Å². The molecule has 1 saturated heterocycles. The second-order valence-electron chi connectivity index (χ2n) is 4.79. The fraction of sp³-hybridized carbons (Fsp3) is 0.857. The first-order valence-corrected chi connectivity index (χ1v) is 7.07. The van der Waals surface area contributed by atoms with Gasteiger partial charge in [-0.2, -0.15) is 5.26 Å². The predicted octanol–water partition coefficient (Wildman–Crippen LogP) is 2.49. The molecule has 102 valence electrons. The molecule has 1 heterocycles. The Kier molecular flexibility index (Phi) is 7.43. The molecule has 4 heteroatoms. The van der Waals surface area contributed by atoms with E-state index in [-0.39, 0.29) is 12.0 Å². The van der Waals surface area contributed by atoms with Gasteiger partial charge in [-0.1, -0.05) is 6.42 Å². The van der Waals surface area contributed by atoms with E-state index < -0.39 is 0 Å². The number of nitrogens with zero attached hydrogens (tertiary/aromatic N) is 2. The summed E-state index contributed by atoms with van der Waals surface area (Å²) in [4.78, 5) is 13.4. The van der Waals surface area contributed by atoms with Gasteiger partial charge < -0.3 is 4.74 Å². The zero-order valence-electron chi connectivity index (χ0n) is 11.4. The Labute approximate surface area is 110 Å². The highest BCUT2D eigenvalue weighted by Crippen LogP contribution is 2.17. The maximum atomic E-state index is 11.1. The summed E-state index contributed by atoms with van der Waals surface area (Å²) in [5.41, 5.74) is 0. The van der Waals surface area contributed by atoms with Crippen LogP contribution in [0, 0.1) is 11.3 Å². The molecule has 1 unspecified atom stereocenters. The molecule has 1 aliphatic rings. The van der Waals surface area contributed by atoms with Crippen LogP contribution in [-0.4, -0.2) is 36.6 Å². The maximum Gasteiger partial charge on any atom is 0.305 e. The SMILES string of the molecule is CCOC(=O)CCCCCN1CCCCC1C#N. The monoisotopic (exact) mass is 252 g/mol. The van der Waals surface area contributed by atoms with E-state index in [2.05, 4.69) is 11.0 Å². The van der Waals surface area contributed by atoms with Gasteiger partial charge in [0.15, 0.2) is 0 Å². The van der Waals surface area contributed by atoms with E-state index in [1.807, 2.05) is 6.92 Å². The van der Waals surface area contributed by atoms with E-state index >= 15 is 0 Å². The summed E-state index contributed by atoms with van der Waals surface area (Å²) in [5.74, 6) is -0.0922. The van der Waals surface area contributed by atoms with Crippen LogP contribution in [0.1, 0.15) is 51.9 Å². The summed E-state index contributed by atoms with van der Waals surface area (Å²) in [6.45, 7) is 4.34. The number of nitriles is 1. The van der Waals surface area contributed by atoms with Gasteiger partial charge in [-0.25, -0.2) is 0 Å². The van der Waals surface area contributed by atoms with Gasteiger partial charge >= 0.3 is 5.97 Å². The van der Waals surface area contributed by atoms with Crippen molar-refractivity contribution in [3.05, 3.63) is 0 Å². The molecule has 1 atom stereocenters. The van der Waals surface area contributed by atoms with Gasteiger partial charge in [0.2, 0.25) is 0 Å². The lowest BCUT2D eigenvalue weighted by Crippen LogP contribution is -2.39. The average Bonchev–Trinajstić information content (AvgIpc) is 2.39. The van der Waals surface area contributed by atoms with Gasteiger partial charge in [-0.3, -0.25) is 9.69 Å². The molecule has 0 aliphatic carbocycles. The molecule has 18 heavy (non-hydrogen) atoms. The van der Waals surface area contributed by atoms with Crippen molar-refractivity contribution in [3.63, 3.8) is 0 Å². The highest BCUT2D eigenvalue weighted by atomic mass is 16.5. The van der Waals surface area contributed by atoms with E-state index in [9.17, 15) is 4.79 Å². The van der Waals surface area contributed by atoms with Crippen LogP contribution in [0.5, 0.6) is 0 Å². The van der Waals surface area contributed by atoms with Crippen LogP contribution in [0.15, 0.2) is 0 Å². The van der Waals surface area contributed by atoms with Crippen molar-refractivity contribution in [2.75, 3.05) is 19.7 Å². The molecular weight excluding hydrogens is 228 g/mol. The first kappa shape index (κ1) is 15.0. The molecule has 1 fully saturated rings. The molecule has 0 amide bonds. The summed E-state index contributed by atoms with van der Waals surface area (Å²) < 4.78 is 4.88. The van der Waals surface area contributed by atoms with Gasteiger partial charge in [0, 0.05) is 6.42 Å². The summed E-state index contributed by atoms with van der Waals surface area (Å²) in [5, 5.41) is 9.04. The molecule has 4 nitrogen and oxygen atoms in total. The van der Waals surface area contributed by atoms with Crippen molar-refractivity contribution < 1.29 is 9.53 Å². The Morgan fingerprint density at radius 3 is 2.94 bits per heavy atom. The van der Waals surface area contributed by atoms with Crippen LogP contribution in [0.4, 0.5) is 0 Å². The topological polar surface area (TPSA) is 53.3 Å². The molecule has 0 bridgehead atoms. The number of hydrogen-bond acceptors (Lipinski definition) is 4. The number of unbranched alkanes of at least 4 members (excludes halogenated alkanes) is 2. The van der Waals surface area contributed by atoms with Crippen molar-refractivity contribution in [2.24, 2.45) is 0 Å². The minimum Gasteiger partial charge on any atom is -0.466 e. The first-order chi connectivity index (χ1) is 8.77. The van der Waals surface area contributed by atoms with Gasteiger partial charge in [-0.15, -0.1) is 0 Å². The number of carbonyl (C=O) groups excluding carboxylic acids is 1. The minimum atomic E-state index is -0.0922. The largest absolute Gasteiger partial charge is 0.466 e. The smallest absolute Gasteiger partial charge is 0.305 e. The number of piperidine rings is 1. The van der Waals surface area contributed by atoms with Crippen molar-refractivity contribution >= 4 is 5.97 Å². The standard InChI is InChI=1S/C14H24N2O2/c1-2-18-14(17)9-4-3-6-10-16-11-7-5-8-13(16)12-15/h13H,2-11H2,1H3. The number of likely N-dealkylation sites (tertiary alicyclic amines) is 1. The number of esters is 1. The predicted molar refractivity (Wildman–Crippen MR) is 69.9 cm³/mol. The van der Waals surface area contributed by atoms with Crippen molar-refractivity contribution in [1.82, 2.24) is 4.90 Å². The fourth-order valence-corrected chi connectivity index (χ4v) is 2.40. The minimum absolute atomic E-state index is 0.0922. The summed E-state index contributed by atoms with van der Waals surface area (Å²) >= 11 is 0. The summed E-state index contributed by atoms with van der Waals surface area (Å²) in [6.07, 6.45) is 6.92. The summed E-state index contributed by atoms with van der Waals surface area (Å²) in [7, 11) is 0. The van der Waals surface area contributed by atoms with Gasteiger partial charge in [0.05, 0.1) is 18.7 Å². The van der Waals surface area contributed by atoms with E-state index in [1.54, 1.807) is 0 Å². The van der Waals surface area contributed by atoms with Gasteiger partial charge in [0.1, 0.15) is 0 Å². The lowest BCUT2D eigenvalue weighted by molar-refractivity contribution is -0.143. The highest BCUT2D eigenvalue weighted by Gasteiger charge is 2.20. The molecule has 0 radical (unpaired) electrons. The van der Waals surface area contributed by atoms with E-state index in [1.165, 1.54) is 12.8 Å². The number of carbonyl (C=O) groups is 1. The average molecular weight is 252 g/mol. The van der Waals surface area contributed by atoms with Crippen LogP contribution in [0.2, 0.25) is 0 Å². The zero-order chi connectivity index (χ0) is 13.2. The van der Waals surface area contributed by atoms with Crippen LogP contribution < -0.4 is 0 Å². The third-order valence-electron chi connectivity index (χ3n) is 3.39. The Balaban J connectivity index is 2.06. The highest BCUT2D eigenvalue weighted by molar-refractivity contribution is 5.69. The third kappa shape index (κ3) is 5.50. The zero-order valence-corrected chi connectivity index (χ0v) is 11.4. The van der Waals surface area contributed by atoms with Crippen molar-refractivity contribution in [2.45, 2.75) is 57.9 Å². The molecule has 0 saturated carbocycles. The molecule has 0 aromatic rings. The second kappa shape index (κ2) is 8.93. The molecule has 1 rings (SSSR count). The molecule has 0 aromatic carbocycles. The molecule has 0 N–H and O–H groups in total. The van der Waals surface area contributed by atoms with Gasteiger partial charge in [-0.05, 0) is 52.1 Å². The van der Waals surface area contributed by atoms with Crippen molar-refractivity contribution in [3.8, 4) is 6.07 Å². The molecular formula is C14H24N2O2. The van der Waals surface area contributed by atoms with Crippen LogP contribution in [-0.2, 0) is 9.53 Å². The number of rotatable bonds is 7. The Morgan fingerprint density at radius 1 is 1.39 bits per heavy atom. The number of ether oxygens (including phenoxy) is 1. The van der Waals surface area contributed by atoms with Crippen molar-refractivity contribution in [1.29, 1.82) is 5.26 Å². The van der Waals surface area contributed by atoms with E-state index in [0.717, 1.165) is 38.8 Å². The van der Waals surface area contributed by atoms with E-state index in [0.29, 0.717) is 13.0 Å². The Morgan fingerprint density at radius 2 is 2.22 bits per heavy atom. The van der Waals surface area contributed by atoms with Crippen LogP contribution in [0.3, 0.4) is 0 Å². The van der Waals surface area contributed by atoms with Crippen LogP contribution in [0.25, 0.3) is 0 Å². The molecule has 1 aliphatic heterocycles. The lowest BCUT2D eigenvalue weighted by Gasteiger charge is -2.31. The Bertz CT molecular complexity index is 286. The quantitative estimate of drug-likeness (QED) is 0.516. The Hall–Kier alpha value is -1.08. The van der Waals surface area contributed by atoms with E-state index in [4.69, 9.17) is 10.00 Å². The second-order valence-corrected chi connectivity index (χ2v) is 4.79. The maximum absolute atomic E-state index is 11.1. The summed E-state index contributed by atoms with van der Waals surface area (Å²) in [6, 6.07) is 2.50. The fourth-order valence-electron chi connectivity index (χ4n) is 2.40. The molecule has 0 spiro atoms. The molecule has 0 aromatic heterocycles. The normalized spacial score (nSPS) is 20.3.